The Balaban J connectivity index is 2.87. The van der Waals surface area contributed by atoms with Crippen molar-refractivity contribution in [3.05, 3.63) is 41.6 Å². The number of benzene rings is 1. The number of rotatable bonds is 0. The molecule has 0 N–H and O–H groups in total. The Morgan fingerprint density at radius 3 is 2.44 bits per heavy atom. The van der Waals surface area contributed by atoms with Crippen LogP contribution in [0.2, 0.25) is 0 Å². The Labute approximate surface area is 93.1 Å². The average Bonchev–Trinajstić information content (AvgIpc) is 2.14. The van der Waals surface area contributed by atoms with Crippen molar-refractivity contribution in [2.24, 2.45) is 0 Å². The molecule has 0 aliphatic carbocycles. The van der Waals surface area contributed by atoms with Crippen LogP contribution in [0.3, 0.4) is 0 Å². The van der Waals surface area contributed by atoms with E-state index in [1.54, 1.807) is 12.3 Å². The van der Waals surface area contributed by atoms with Gasteiger partial charge in [0.25, 0.3) is 0 Å². The molecule has 2 rings (SSSR count). The molecule has 0 radical (unpaired) electrons. The summed E-state index contributed by atoms with van der Waals surface area (Å²) in [4.78, 5) is 4.00. The molecule has 3 heteroatoms. The zero-order valence-electron chi connectivity index (χ0n) is 9.51. The van der Waals surface area contributed by atoms with Crippen LogP contribution in [0.4, 0.5) is 8.78 Å². The van der Waals surface area contributed by atoms with Gasteiger partial charge in [0.15, 0.2) is 0 Å². The fraction of sp³-hybridized carbons (Fsp3) is 0.308. The van der Waals surface area contributed by atoms with Gasteiger partial charge in [-0.05, 0) is 17.0 Å². The molecular formula is C13H13F2N. The number of aromatic nitrogens is 1. The van der Waals surface area contributed by atoms with Crippen LogP contribution in [0.1, 0.15) is 26.3 Å². The predicted octanol–water partition coefficient (Wildman–Crippen LogP) is 3.81. The molecule has 1 nitrogen and oxygen atoms in total. The number of hydrogen-bond acceptors (Lipinski definition) is 1. The maximum Gasteiger partial charge on any atom is 0.135 e. The van der Waals surface area contributed by atoms with E-state index >= 15 is 0 Å². The minimum atomic E-state index is -0.594. The van der Waals surface area contributed by atoms with Gasteiger partial charge in [0, 0.05) is 23.7 Å². The second-order valence-electron chi connectivity index (χ2n) is 4.89. The Morgan fingerprint density at radius 1 is 1.12 bits per heavy atom. The smallest absolute Gasteiger partial charge is 0.135 e. The van der Waals surface area contributed by atoms with E-state index < -0.39 is 11.6 Å². The Hall–Kier alpha value is -1.51. The van der Waals surface area contributed by atoms with Crippen LogP contribution in [0.15, 0.2) is 24.4 Å². The van der Waals surface area contributed by atoms with E-state index in [4.69, 9.17) is 0 Å². The zero-order chi connectivity index (χ0) is 11.9. The maximum atomic E-state index is 13.8. The SMILES string of the molecule is CC(C)(C)c1ccnc2cc(F)cc(F)c12. The van der Waals surface area contributed by atoms with Gasteiger partial charge in [-0.15, -0.1) is 0 Å². The van der Waals surface area contributed by atoms with E-state index in [1.807, 2.05) is 20.8 Å². The van der Waals surface area contributed by atoms with E-state index in [0.717, 1.165) is 11.6 Å². The van der Waals surface area contributed by atoms with Crippen LogP contribution >= 0.6 is 0 Å². The highest BCUT2D eigenvalue weighted by Gasteiger charge is 2.19. The third kappa shape index (κ3) is 1.77. The topological polar surface area (TPSA) is 12.9 Å². The van der Waals surface area contributed by atoms with Crippen molar-refractivity contribution < 1.29 is 8.78 Å². The van der Waals surface area contributed by atoms with Crippen molar-refractivity contribution in [3.8, 4) is 0 Å². The van der Waals surface area contributed by atoms with Crippen molar-refractivity contribution in [1.82, 2.24) is 4.98 Å². The van der Waals surface area contributed by atoms with E-state index in [9.17, 15) is 8.78 Å². The van der Waals surface area contributed by atoms with E-state index in [2.05, 4.69) is 4.98 Å². The number of halogens is 2. The number of hydrogen-bond donors (Lipinski definition) is 0. The summed E-state index contributed by atoms with van der Waals surface area (Å²) < 4.78 is 26.8. The molecule has 0 amide bonds. The molecule has 1 aromatic heterocycles. The highest BCUT2D eigenvalue weighted by atomic mass is 19.1. The fourth-order valence-corrected chi connectivity index (χ4v) is 1.83. The molecule has 0 aliphatic heterocycles. The third-order valence-electron chi connectivity index (χ3n) is 2.57. The monoisotopic (exact) mass is 221 g/mol. The molecule has 16 heavy (non-hydrogen) atoms. The van der Waals surface area contributed by atoms with Gasteiger partial charge in [-0.2, -0.15) is 0 Å². The van der Waals surface area contributed by atoms with Gasteiger partial charge in [-0.25, -0.2) is 8.78 Å². The first-order valence-corrected chi connectivity index (χ1v) is 5.14. The lowest BCUT2D eigenvalue weighted by atomic mass is 9.85. The van der Waals surface area contributed by atoms with Gasteiger partial charge >= 0.3 is 0 Å². The van der Waals surface area contributed by atoms with E-state index in [-0.39, 0.29) is 5.41 Å². The quantitative estimate of drug-likeness (QED) is 0.659. The summed E-state index contributed by atoms with van der Waals surface area (Å²) in [7, 11) is 0. The molecule has 1 aromatic carbocycles. The largest absolute Gasteiger partial charge is 0.256 e. The van der Waals surface area contributed by atoms with Gasteiger partial charge in [0.1, 0.15) is 11.6 Å². The Kier molecular flexibility index (Phi) is 2.41. The normalized spacial score (nSPS) is 12.1. The van der Waals surface area contributed by atoms with E-state index in [0.29, 0.717) is 10.9 Å². The van der Waals surface area contributed by atoms with Crippen LogP contribution in [0.25, 0.3) is 10.9 Å². The van der Waals surface area contributed by atoms with Crippen molar-refractivity contribution in [2.45, 2.75) is 26.2 Å². The van der Waals surface area contributed by atoms with E-state index in [1.165, 1.54) is 6.07 Å². The Bertz CT molecular complexity index is 541. The lowest BCUT2D eigenvalue weighted by Gasteiger charge is -2.21. The minimum Gasteiger partial charge on any atom is -0.256 e. The van der Waals surface area contributed by atoms with Gasteiger partial charge in [0.2, 0.25) is 0 Å². The average molecular weight is 221 g/mol. The van der Waals surface area contributed by atoms with Crippen LogP contribution in [0.5, 0.6) is 0 Å². The highest BCUT2D eigenvalue weighted by molar-refractivity contribution is 5.83. The highest BCUT2D eigenvalue weighted by Crippen LogP contribution is 2.30. The van der Waals surface area contributed by atoms with Gasteiger partial charge in [-0.3, -0.25) is 4.98 Å². The standard InChI is InChI=1S/C13H13F2N/c1-13(2,3)9-4-5-16-11-7-8(14)6-10(15)12(9)11/h4-7H,1-3H3. The van der Waals surface area contributed by atoms with Gasteiger partial charge in [0.05, 0.1) is 5.52 Å². The molecule has 84 valence electrons. The van der Waals surface area contributed by atoms with Crippen LogP contribution < -0.4 is 0 Å². The molecule has 0 bridgehead atoms. The molecule has 1 heterocycles. The summed E-state index contributed by atoms with van der Waals surface area (Å²) in [6.07, 6.45) is 1.59. The summed E-state index contributed by atoms with van der Waals surface area (Å²) in [6, 6.07) is 3.94. The molecule has 0 saturated heterocycles. The van der Waals surface area contributed by atoms with Crippen LogP contribution in [-0.4, -0.2) is 4.98 Å². The molecule has 0 atom stereocenters. The molecular weight excluding hydrogens is 208 g/mol. The van der Waals surface area contributed by atoms with Crippen LogP contribution in [0, 0.1) is 11.6 Å². The number of fused-ring (bicyclic) bond motifs is 1. The summed E-state index contributed by atoms with van der Waals surface area (Å²) >= 11 is 0. The fourth-order valence-electron chi connectivity index (χ4n) is 1.83. The summed E-state index contributed by atoms with van der Waals surface area (Å²) in [5.74, 6) is -1.14. The maximum absolute atomic E-state index is 13.8. The van der Waals surface area contributed by atoms with Gasteiger partial charge in [-0.1, -0.05) is 20.8 Å². The Morgan fingerprint density at radius 2 is 1.81 bits per heavy atom. The molecule has 0 aliphatic rings. The lowest BCUT2D eigenvalue weighted by Crippen LogP contribution is -2.12. The number of nitrogens with zero attached hydrogens (tertiary/aromatic N) is 1. The van der Waals surface area contributed by atoms with Gasteiger partial charge < -0.3 is 0 Å². The zero-order valence-corrected chi connectivity index (χ0v) is 9.51. The second-order valence-corrected chi connectivity index (χ2v) is 4.89. The molecule has 2 aromatic rings. The van der Waals surface area contributed by atoms with Crippen molar-refractivity contribution in [2.75, 3.05) is 0 Å². The molecule has 0 fully saturated rings. The summed E-state index contributed by atoms with van der Waals surface area (Å²) in [5.41, 5.74) is 1.01. The first-order valence-electron chi connectivity index (χ1n) is 5.14. The predicted molar refractivity (Wildman–Crippen MR) is 60.4 cm³/mol. The lowest BCUT2D eigenvalue weighted by molar-refractivity contribution is 0.574. The number of pyridine rings is 1. The third-order valence-corrected chi connectivity index (χ3v) is 2.57. The molecule has 0 spiro atoms. The summed E-state index contributed by atoms with van der Waals surface area (Å²) in [6.45, 7) is 5.97. The van der Waals surface area contributed by atoms with Crippen molar-refractivity contribution in [1.29, 1.82) is 0 Å². The first-order chi connectivity index (χ1) is 7.39. The van der Waals surface area contributed by atoms with Crippen molar-refractivity contribution in [3.63, 3.8) is 0 Å². The second kappa shape index (κ2) is 3.51. The molecule has 0 saturated carbocycles. The van der Waals surface area contributed by atoms with Crippen LogP contribution in [-0.2, 0) is 5.41 Å². The molecule has 0 unspecified atom stereocenters. The summed E-state index contributed by atoms with van der Waals surface area (Å²) in [5, 5.41) is 0.413. The first kappa shape index (κ1) is 11.0. The van der Waals surface area contributed by atoms with Crippen molar-refractivity contribution >= 4 is 10.9 Å². The minimum absolute atomic E-state index is 0.195.